The van der Waals surface area contributed by atoms with Crippen LogP contribution in [0.5, 0.6) is 0 Å². The van der Waals surface area contributed by atoms with Crippen LogP contribution in [-0.4, -0.2) is 21.2 Å². The Kier molecular flexibility index (Phi) is 4.84. The molecule has 1 amide bonds. The maximum Gasteiger partial charge on any atom is 0.408 e. The third kappa shape index (κ3) is 5.63. The highest BCUT2D eigenvalue weighted by Crippen LogP contribution is 2.20. The van der Waals surface area contributed by atoms with Crippen molar-refractivity contribution >= 4 is 6.09 Å². The molecule has 0 bridgehead atoms. The van der Waals surface area contributed by atoms with Gasteiger partial charge in [0.1, 0.15) is 5.60 Å². The van der Waals surface area contributed by atoms with E-state index in [-0.39, 0.29) is 11.5 Å². The number of hydrogen-bond acceptors (Lipinski definition) is 3. The van der Waals surface area contributed by atoms with Gasteiger partial charge in [0.15, 0.2) is 0 Å². The topological polar surface area (TPSA) is 56.1 Å². The van der Waals surface area contributed by atoms with Crippen LogP contribution < -0.4 is 5.32 Å². The molecule has 114 valence electrons. The van der Waals surface area contributed by atoms with Crippen LogP contribution in [0.3, 0.4) is 0 Å². The van der Waals surface area contributed by atoms with Crippen LogP contribution in [0.15, 0.2) is 12.5 Å². The van der Waals surface area contributed by atoms with Gasteiger partial charge in [-0.05, 0) is 33.1 Å². The largest absolute Gasteiger partial charge is 0.444 e. The zero-order valence-corrected chi connectivity index (χ0v) is 13.7. The number of rotatable bonds is 3. The molecule has 1 aromatic heterocycles. The first kappa shape index (κ1) is 16.5. The molecular formula is C15H27N3O2. The minimum absolute atomic E-state index is 0.144. The van der Waals surface area contributed by atoms with E-state index in [2.05, 4.69) is 35.6 Å². The highest BCUT2D eigenvalue weighted by Gasteiger charge is 2.21. The molecule has 0 saturated heterocycles. The number of carbonyl (C=O) groups excluding carboxylic acids is 1. The Bertz CT molecular complexity index is 452. The van der Waals surface area contributed by atoms with Crippen LogP contribution in [0.2, 0.25) is 0 Å². The summed E-state index contributed by atoms with van der Waals surface area (Å²) < 4.78 is 7.34. The minimum atomic E-state index is -0.491. The first-order valence-electron chi connectivity index (χ1n) is 6.97. The van der Waals surface area contributed by atoms with Gasteiger partial charge in [0.25, 0.3) is 0 Å². The van der Waals surface area contributed by atoms with Gasteiger partial charge in [-0.1, -0.05) is 20.8 Å². The Hall–Kier alpha value is -1.52. The molecule has 0 aliphatic heterocycles. The fraction of sp³-hybridized carbons (Fsp3) is 0.733. The van der Waals surface area contributed by atoms with Gasteiger partial charge >= 0.3 is 6.09 Å². The Morgan fingerprint density at radius 1 is 1.35 bits per heavy atom. The molecule has 1 aromatic rings. The van der Waals surface area contributed by atoms with Crippen molar-refractivity contribution < 1.29 is 9.53 Å². The number of imidazole rings is 1. The van der Waals surface area contributed by atoms with Gasteiger partial charge in [0, 0.05) is 6.54 Å². The fourth-order valence-corrected chi connectivity index (χ4v) is 1.89. The second-order valence-corrected chi connectivity index (χ2v) is 7.37. The highest BCUT2D eigenvalue weighted by atomic mass is 16.6. The predicted molar refractivity (Wildman–Crippen MR) is 79.5 cm³/mol. The third-order valence-electron chi connectivity index (χ3n) is 2.57. The van der Waals surface area contributed by atoms with Crippen molar-refractivity contribution in [2.45, 2.75) is 66.7 Å². The summed E-state index contributed by atoms with van der Waals surface area (Å²) in [6.45, 7) is 14.8. The first-order chi connectivity index (χ1) is 8.98. The summed E-state index contributed by atoms with van der Waals surface area (Å²) >= 11 is 0. The minimum Gasteiger partial charge on any atom is -0.444 e. The third-order valence-corrected chi connectivity index (χ3v) is 2.57. The summed E-state index contributed by atoms with van der Waals surface area (Å²) in [4.78, 5) is 16.0. The summed E-state index contributed by atoms with van der Waals surface area (Å²) in [6, 6.07) is -0.144. The molecule has 0 unspecified atom stereocenters. The van der Waals surface area contributed by atoms with Crippen molar-refractivity contribution in [3.63, 3.8) is 0 Å². The predicted octanol–water partition coefficient (Wildman–Crippen LogP) is 3.51. The lowest BCUT2D eigenvalue weighted by Gasteiger charge is -2.24. The maximum atomic E-state index is 11.8. The average molecular weight is 281 g/mol. The number of hydrogen-bond donors (Lipinski definition) is 1. The van der Waals surface area contributed by atoms with Gasteiger partial charge in [0.2, 0.25) is 0 Å². The Balaban J connectivity index is 2.71. The normalized spacial score (nSPS) is 13.9. The van der Waals surface area contributed by atoms with Crippen LogP contribution in [0.4, 0.5) is 4.79 Å². The molecule has 0 aliphatic rings. The van der Waals surface area contributed by atoms with Gasteiger partial charge in [-0.15, -0.1) is 0 Å². The molecule has 5 heteroatoms. The van der Waals surface area contributed by atoms with E-state index in [9.17, 15) is 4.79 Å². The molecule has 1 N–H and O–H groups in total. The zero-order valence-electron chi connectivity index (χ0n) is 13.7. The SMILES string of the molecule is C[C@@H](NC(=O)OC(C)(C)C)c1cncn1CC(C)(C)C. The van der Waals surface area contributed by atoms with Crippen molar-refractivity contribution in [1.82, 2.24) is 14.9 Å². The molecule has 0 spiro atoms. The number of aromatic nitrogens is 2. The average Bonchev–Trinajstić information content (AvgIpc) is 2.59. The molecule has 0 aliphatic carbocycles. The summed E-state index contributed by atoms with van der Waals surface area (Å²) in [5, 5.41) is 2.84. The lowest BCUT2D eigenvalue weighted by molar-refractivity contribution is 0.0506. The monoisotopic (exact) mass is 281 g/mol. The van der Waals surface area contributed by atoms with E-state index in [0.29, 0.717) is 0 Å². The van der Waals surface area contributed by atoms with Crippen LogP contribution >= 0.6 is 0 Å². The van der Waals surface area contributed by atoms with Gasteiger partial charge < -0.3 is 14.6 Å². The van der Waals surface area contributed by atoms with Gasteiger partial charge in [0.05, 0.1) is 24.3 Å². The van der Waals surface area contributed by atoms with E-state index in [4.69, 9.17) is 4.74 Å². The number of alkyl carbamates (subject to hydrolysis) is 1. The van der Waals surface area contributed by atoms with Gasteiger partial charge in [-0.3, -0.25) is 0 Å². The molecular weight excluding hydrogens is 254 g/mol. The summed E-state index contributed by atoms with van der Waals surface area (Å²) in [6.07, 6.45) is 3.18. The molecule has 20 heavy (non-hydrogen) atoms. The van der Waals surface area contributed by atoms with Crippen molar-refractivity contribution in [2.75, 3.05) is 0 Å². The second kappa shape index (κ2) is 5.85. The van der Waals surface area contributed by atoms with Crippen LogP contribution in [-0.2, 0) is 11.3 Å². The molecule has 0 aromatic carbocycles. The summed E-state index contributed by atoms with van der Waals surface area (Å²) in [5.74, 6) is 0. The van der Waals surface area contributed by atoms with Crippen LogP contribution in [0.1, 0.15) is 60.2 Å². The van der Waals surface area contributed by atoms with Crippen molar-refractivity contribution in [3.8, 4) is 0 Å². The fourth-order valence-electron chi connectivity index (χ4n) is 1.89. The zero-order chi connectivity index (χ0) is 15.6. The summed E-state index contributed by atoms with van der Waals surface area (Å²) in [5.41, 5.74) is 0.641. The lowest BCUT2D eigenvalue weighted by atomic mass is 9.96. The van der Waals surface area contributed by atoms with Crippen LogP contribution in [0.25, 0.3) is 0 Å². The second-order valence-electron chi connectivity index (χ2n) is 7.37. The first-order valence-corrected chi connectivity index (χ1v) is 6.97. The van der Waals surface area contributed by atoms with Gasteiger partial charge in [-0.25, -0.2) is 9.78 Å². The van der Waals surface area contributed by atoms with E-state index < -0.39 is 11.7 Å². The quantitative estimate of drug-likeness (QED) is 0.922. The molecule has 1 rings (SSSR count). The van der Waals surface area contributed by atoms with Crippen molar-refractivity contribution in [1.29, 1.82) is 0 Å². The molecule has 0 fully saturated rings. The Morgan fingerprint density at radius 2 is 1.95 bits per heavy atom. The van der Waals surface area contributed by atoms with E-state index in [1.807, 2.05) is 27.7 Å². The maximum absolute atomic E-state index is 11.8. The number of ether oxygens (including phenoxy) is 1. The van der Waals surface area contributed by atoms with Crippen molar-refractivity contribution in [2.24, 2.45) is 5.41 Å². The number of amides is 1. The smallest absolute Gasteiger partial charge is 0.408 e. The standard InChI is InChI=1S/C15H27N3O2/c1-11(17-13(19)20-15(5,6)7)12-8-16-10-18(12)9-14(2,3)4/h8,10-11H,9H2,1-7H3,(H,17,19)/t11-/m1/s1. The van der Waals surface area contributed by atoms with E-state index >= 15 is 0 Å². The Morgan fingerprint density at radius 3 is 2.45 bits per heavy atom. The molecule has 1 heterocycles. The lowest BCUT2D eigenvalue weighted by Crippen LogP contribution is -2.35. The number of nitrogens with one attached hydrogen (secondary N) is 1. The highest BCUT2D eigenvalue weighted by molar-refractivity contribution is 5.68. The van der Waals surface area contributed by atoms with E-state index in [1.165, 1.54) is 0 Å². The van der Waals surface area contributed by atoms with Crippen molar-refractivity contribution in [3.05, 3.63) is 18.2 Å². The number of nitrogens with zero attached hydrogens (tertiary/aromatic N) is 2. The van der Waals surface area contributed by atoms with Gasteiger partial charge in [-0.2, -0.15) is 0 Å². The van der Waals surface area contributed by atoms with E-state index in [1.54, 1.807) is 12.5 Å². The summed E-state index contributed by atoms with van der Waals surface area (Å²) in [7, 11) is 0. The molecule has 0 radical (unpaired) electrons. The number of carbonyl (C=O) groups is 1. The van der Waals surface area contributed by atoms with E-state index in [0.717, 1.165) is 12.2 Å². The molecule has 5 nitrogen and oxygen atoms in total. The van der Waals surface area contributed by atoms with Crippen LogP contribution in [0, 0.1) is 5.41 Å². The molecule has 0 saturated carbocycles. The molecule has 1 atom stereocenters. The Labute approximate surface area is 121 Å².